The van der Waals surface area contributed by atoms with E-state index >= 15 is 0 Å². The van der Waals surface area contributed by atoms with Crippen LogP contribution in [0.1, 0.15) is 37.5 Å². The normalized spacial score (nSPS) is 18.6. The summed E-state index contributed by atoms with van der Waals surface area (Å²) in [4.78, 5) is 13.2. The minimum atomic E-state index is 0.256. The molecular weight excluding hydrogens is 218 g/mol. The van der Waals surface area contributed by atoms with Gasteiger partial charge >= 0.3 is 0 Å². The van der Waals surface area contributed by atoms with Crippen LogP contribution in [0.25, 0.3) is 0 Å². The van der Waals surface area contributed by atoms with E-state index in [0.717, 1.165) is 19.3 Å². The van der Waals surface area contributed by atoms with Crippen molar-refractivity contribution in [2.75, 3.05) is 0 Å². The molecule has 1 fully saturated rings. The zero-order valence-electron chi connectivity index (χ0n) is 9.74. The molecule has 3 heteroatoms. The predicted molar refractivity (Wildman–Crippen MR) is 67.6 cm³/mol. The van der Waals surface area contributed by atoms with E-state index in [0.29, 0.717) is 0 Å². The van der Waals surface area contributed by atoms with Crippen molar-refractivity contribution in [1.82, 2.24) is 5.32 Å². The Hall–Kier alpha value is -0.830. The Labute approximate surface area is 101 Å². The second-order valence-electron chi connectivity index (χ2n) is 4.67. The van der Waals surface area contributed by atoms with Gasteiger partial charge in [-0.2, -0.15) is 0 Å². The molecule has 1 aromatic rings. The molecule has 0 saturated heterocycles. The Bertz CT molecular complexity index is 328. The molecule has 1 aromatic heterocycles. The smallest absolute Gasteiger partial charge is 0.223 e. The van der Waals surface area contributed by atoms with Gasteiger partial charge in [-0.15, -0.1) is 11.3 Å². The molecule has 0 bridgehead atoms. The van der Waals surface area contributed by atoms with Crippen LogP contribution >= 0.6 is 11.3 Å². The summed E-state index contributed by atoms with van der Waals surface area (Å²) in [6.45, 7) is 2.09. The van der Waals surface area contributed by atoms with Crippen molar-refractivity contribution >= 4 is 17.2 Å². The van der Waals surface area contributed by atoms with Gasteiger partial charge in [0.05, 0.1) is 0 Å². The summed E-state index contributed by atoms with van der Waals surface area (Å²) in [6, 6.07) is 4.45. The Morgan fingerprint density at radius 1 is 1.56 bits per heavy atom. The standard InChI is InChI=1S/C13H19NOS/c1-10(9-12-7-4-8-16-12)14-13(15)11-5-2-3-6-11/h4,7-8,10-11H,2-3,5-6,9H2,1H3,(H,14,15)/t10-/m0/s1. The number of nitrogens with one attached hydrogen (secondary N) is 1. The van der Waals surface area contributed by atoms with Crippen molar-refractivity contribution < 1.29 is 4.79 Å². The maximum atomic E-state index is 11.9. The van der Waals surface area contributed by atoms with Crippen molar-refractivity contribution in [2.24, 2.45) is 5.92 Å². The van der Waals surface area contributed by atoms with Gasteiger partial charge in [0.1, 0.15) is 0 Å². The Kier molecular flexibility index (Phi) is 3.99. The predicted octanol–water partition coefficient (Wildman–Crippen LogP) is 2.99. The van der Waals surface area contributed by atoms with Crippen molar-refractivity contribution in [3.63, 3.8) is 0 Å². The second-order valence-corrected chi connectivity index (χ2v) is 5.71. The number of hydrogen-bond donors (Lipinski definition) is 1. The summed E-state index contributed by atoms with van der Waals surface area (Å²) in [6.07, 6.45) is 5.56. The van der Waals surface area contributed by atoms with Gasteiger partial charge in [0.25, 0.3) is 0 Å². The van der Waals surface area contributed by atoms with Crippen LogP contribution in [-0.2, 0) is 11.2 Å². The minimum Gasteiger partial charge on any atom is -0.353 e. The summed E-state index contributed by atoms with van der Waals surface area (Å²) in [5.41, 5.74) is 0. The highest BCUT2D eigenvalue weighted by atomic mass is 32.1. The molecule has 1 amide bonds. The van der Waals surface area contributed by atoms with E-state index in [4.69, 9.17) is 0 Å². The zero-order chi connectivity index (χ0) is 11.4. The first-order valence-corrected chi connectivity index (χ1v) is 6.96. The first-order chi connectivity index (χ1) is 7.75. The van der Waals surface area contributed by atoms with E-state index in [9.17, 15) is 4.79 Å². The lowest BCUT2D eigenvalue weighted by Crippen LogP contribution is -2.37. The van der Waals surface area contributed by atoms with Crippen molar-refractivity contribution in [3.05, 3.63) is 22.4 Å². The van der Waals surface area contributed by atoms with Gasteiger partial charge < -0.3 is 5.32 Å². The van der Waals surface area contributed by atoms with Gasteiger partial charge in [-0.25, -0.2) is 0 Å². The number of rotatable bonds is 4. The van der Waals surface area contributed by atoms with Gasteiger partial charge in [0, 0.05) is 23.3 Å². The fraction of sp³-hybridized carbons (Fsp3) is 0.615. The average Bonchev–Trinajstić information content (AvgIpc) is 2.88. The molecule has 0 aromatic carbocycles. The highest BCUT2D eigenvalue weighted by Gasteiger charge is 2.23. The number of carbonyl (C=O) groups excluding carboxylic acids is 1. The minimum absolute atomic E-state index is 0.256. The monoisotopic (exact) mass is 237 g/mol. The third-order valence-corrected chi connectivity index (χ3v) is 4.10. The number of amides is 1. The van der Waals surface area contributed by atoms with Crippen molar-refractivity contribution in [2.45, 2.75) is 45.1 Å². The molecule has 0 aliphatic heterocycles. The molecule has 2 nitrogen and oxygen atoms in total. The van der Waals surface area contributed by atoms with Crippen LogP contribution in [0.2, 0.25) is 0 Å². The summed E-state index contributed by atoms with van der Waals surface area (Å²) in [5.74, 6) is 0.548. The zero-order valence-corrected chi connectivity index (χ0v) is 10.6. The quantitative estimate of drug-likeness (QED) is 0.857. The highest BCUT2D eigenvalue weighted by Crippen LogP contribution is 2.24. The van der Waals surface area contributed by atoms with E-state index in [2.05, 4.69) is 29.8 Å². The van der Waals surface area contributed by atoms with Crippen molar-refractivity contribution in [1.29, 1.82) is 0 Å². The number of hydrogen-bond acceptors (Lipinski definition) is 2. The molecule has 0 spiro atoms. The molecule has 1 atom stereocenters. The summed E-state index contributed by atoms with van der Waals surface area (Å²) < 4.78 is 0. The maximum Gasteiger partial charge on any atom is 0.223 e. The Morgan fingerprint density at radius 3 is 2.94 bits per heavy atom. The van der Waals surface area contributed by atoms with Crippen LogP contribution in [0.4, 0.5) is 0 Å². The lowest BCUT2D eigenvalue weighted by atomic mass is 10.1. The van der Waals surface area contributed by atoms with Crippen LogP contribution in [0.15, 0.2) is 17.5 Å². The molecular formula is C13H19NOS. The van der Waals surface area contributed by atoms with Gasteiger partial charge in [0.15, 0.2) is 0 Å². The van der Waals surface area contributed by atoms with Gasteiger partial charge in [0.2, 0.25) is 5.91 Å². The molecule has 0 unspecified atom stereocenters. The van der Waals surface area contributed by atoms with Crippen LogP contribution in [0.3, 0.4) is 0 Å². The van der Waals surface area contributed by atoms with Crippen LogP contribution in [0.5, 0.6) is 0 Å². The maximum absolute atomic E-state index is 11.9. The number of carbonyl (C=O) groups is 1. The lowest BCUT2D eigenvalue weighted by Gasteiger charge is -2.16. The molecule has 0 radical (unpaired) electrons. The molecule has 1 aliphatic rings. The van der Waals surface area contributed by atoms with E-state index < -0.39 is 0 Å². The van der Waals surface area contributed by atoms with E-state index in [1.165, 1.54) is 17.7 Å². The number of thiophene rings is 1. The molecule has 16 heavy (non-hydrogen) atoms. The molecule has 88 valence electrons. The fourth-order valence-electron chi connectivity index (χ4n) is 2.33. The van der Waals surface area contributed by atoms with Gasteiger partial charge in [-0.1, -0.05) is 18.9 Å². The van der Waals surface area contributed by atoms with Crippen molar-refractivity contribution in [3.8, 4) is 0 Å². The molecule has 1 aliphatic carbocycles. The molecule has 1 saturated carbocycles. The SMILES string of the molecule is C[C@@H](Cc1cccs1)NC(=O)C1CCCC1. The van der Waals surface area contributed by atoms with Gasteiger partial charge in [-0.3, -0.25) is 4.79 Å². The molecule has 1 heterocycles. The highest BCUT2D eigenvalue weighted by molar-refractivity contribution is 7.09. The molecule has 1 N–H and O–H groups in total. The van der Waals surface area contributed by atoms with Crippen LogP contribution in [-0.4, -0.2) is 11.9 Å². The average molecular weight is 237 g/mol. The first-order valence-electron chi connectivity index (χ1n) is 6.08. The largest absolute Gasteiger partial charge is 0.353 e. The van der Waals surface area contributed by atoms with Crippen LogP contribution < -0.4 is 5.32 Å². The van der Waals surface area contributed by atoms with E-state index in [1.54, 1.807) is 11.3 Å². The first kappa shape index (κ1) is 11.6. The Morgan fingerprint density at radius 2 is 2.31 bits per heavy atom. The third kappa shape index (κ3) is 3.08. The topological polar surface area (TPSA) is 29.1 Å². The summed E-state index contributed by atoms with van der Waals surface area (Å²) in [5, 5.41) is 5.21. The Balaban J connectivity index is 1.78. The van der Waals surface area contributed by atoms with Crippen LogP contribution in [0, 0.1) is 5.92 Å². The van der Waals surface area contributed by atoms with E-state index in [-0.39, 0.29) is 17.9 Å². The summed E-state index contributed by atoms with van der Waals surface area (Å²) >= 11 is 1.76. The fourth-order valence-corrected chi connectivity index (χ4v) is 3.17. The lowest BCUT2D eigenvalue weighted by molar-refractivity contribution is -0.125. The second kappa shape index (κ2) is 5.48. The summed E-state index contributed by atoms with van der Waals surface area (Å²) in [7, 11) is 0. The van der Waals surface area contributed by atoms with E-state index in [1.807, 2.05) is 0 Å². The third-order valence-electron chi connectivity index (χ3n) is 3.20. The van der Waals surface area contributed by atoms with Gasteiger partial charge in [-0.05, 0) is 31.2 Å². The molecule has 2 rings (SSSR count).